The maximum absolute atomic E-state index is 12.2. The van der Waals surface area contributed by atoms with Gasteiger partial charge < -0.3 is 5.32 Å². The van der Waals surface area contributed by atoms with Gasteiger partial charge in [0.15, 0.2) is 0 Å². The van der Waals surface area contributed by atoms with Crippen molar-refractivity contribution in [3.8, 4) is 0 Å². The summed E-state index contributed by atoms with van der Waals surface area (Å²) < 4.78 is 36.5. The normalized spacial score (nSPS) is 21.5. The van der Waals surface area contributed by atoms with E-state index in [0.29, 0.717) is 0 Å². The molecule has 1 aliphatic rings. The van der Waals surface area contributed by atoms with Crippen LogP contribution in [-0.4, -0.2) is 36.1 Å². The number of aryl methyl sites for hydroxylation is 1. The molecule has 1 fully saturated rings. The van der Waals surface area contributed by atoms with Crippen molar-refractivity contribution in [2.45, 2.75) is 44.9 Å². The molecule has 1 saturated heterocycles. The molecule has 0 spiro atoms. The fourth-order valence-electron chi connectivity index (χ4n) is 2.68. The minimum Gasteiger partial charge on any atom is -0.346 e. The van der Waals surface area contributed by atoms with Crippen molar-refractivity contribution in [1.29, 1.82) is 0 Å². The average Bonchev–Trinajstić information content (AvgIpc) is 3.02. The van der Waals surface area contributed by atoms with Crippen molar-refractivity contribution < 1.29 is 18.0 Å². The standard InChI is InChI=1S/C14H19F3N2OS/c1-9-5-6-12(21-9)11-4-3-7-19(11)10(2)13(20)18-8-14(15,16)17/h5-6,10-11H,3-4,7-8H2,1-2H3,(H,18,20)/t10-,11-/m0/s1. The Labute approximate surface area is 126 Å². The highest BCUT2D eigenvalue weighted by Gasteiger charge is 2.35. The fraction of sp³-hybridized carbons (Fsp3) is 0.643. The van der Waals surface area contributed by atoms with Gasteiger partial charge in [-0.15, -0.1) is 11.3 Å². The van der Waals surface area contributed by atoms with Crippen molar-refractivity contribution in [3.63, 3.8) is 0 Å². The van der Waals surface area contributed by atoms with Gasteiger partial charge in [0, 0.05) is 15.8 Å². The first kappa shape index (κ1) is 16.3. The number of hydrogen-bond acceptors (Lipinski definition) is 3. The molecule has 0 bridgehead atoms. The summed E-state index contributed by atoms with van der Waals surface area (Å²) in [6.07, 6.45) is -2.47. The summed E-state index contributed by atoms with van der Waals surface area (Å²) in [5.41, 5.74) is 0. The highest BCUT2D eigenvalue weighted by molar-refractivity contribution is 7.12. The second kappa shape index (κ2) is 6.36. The van der Waals surface area contributed by atoms with Crippen LogP contribution in [0.3, 0.4) is 0 Å². The fourth-order valence-corrected chi connectivity index (χ4v) is 3.71. The van der Waals surface area contributed by atoms with Crippen LogP contribution in [0.1, 0.15) is 35.6 Å². The topological polar surface area (TPSA) is 32.3 Å². The highest BCUT2D eigenvalue weighted by Crippen LogP contribution is 2.37. The maximum atomic E-state index is 12.2. The van der Waals surface area contributed by atoms with E-state index in [1.165, 1.54) is 9.75 Å². The molecule has 2 rings (SSSR count). The van der Waals surface area contributed by atoms with E-state index in [4.69, 9.17) is 0 Å². The number of carbonyl (C=O) groups is 1. The number of hydrogen-bond donors (Lipinski definition) is 1. The van der Waals surface area contributed by atoms with Gasteiger partial charge in [-0.3, -0.25) is 9.69 Å². The monoisotopic (exact) mass is 320 g/mol. The molecule has 0 saturated carbocycles. The number of likely N-dealkylation sites (tertiary alicyclic amines) is 1. The van der Waals surface area contributed by atoms with Gasteiger partial charge in [0.05, 0.1) is 6.04 Å². The number of halogens is 3. The molecule has 7 heteroatoms. The molecule has 0 aliphatic carbocycles. The molecule has 118 valence electrons. The number of rotatable bonds is 4. The zero-order chi connectivity index (χ0) is 15.6. The lowest BCUT2D eigenvalue weighted by atomic mass is 10.1. The van der Waals surface area contributed by atoms with Crippen LogP contribution in [0.25, 0.3) is 0 Å². The lowest BCUT2D eigenvalue weighted by Crippen LogP contribution is -2.47. The number of thiophene rings is 1. The highest BCUT2D eigenvalue weighted by atomic mass is 32.1. The molecular formula is C14H19F3N2OS. The molecule has 1 aromatic heterocycles. The van der Waals surface area contributed by atoms with Crippen LogP contribution >= 0.6 is 11.3 Å². The summed E-state index contributed by atoms with van der Waals surface area (Å²) in [5.74, 6) is -0.562. The Morgan fingerprint density at radius 2 is 2.24 bits per heavy atom. The summed E-state index contributed by atoms with van der Waals surface area (Å²) in [6.45, 7) is 3.16. The maximum Gasteiger partial charge on any atom is 0.405 e. The molecule has 21 heavy (non-hydrogen) atoms. The summed E-state index contributed by atoms with van der Waals surface area (Å²) >= 11 is 1.68. The summed E-state index contributed by atoms with van der Waals surface area (Å²) in [5, 5.41) is 1.97. The second-order valence-corrected chi connectivity index (χ2v) is 6.67. The van der Waals surface area contributed by atoms with Gasteiger partial charge in [-0.2, -0.15) is 13.2 Å². The van der Waals surface area contributed by atoms with E-state index in [1.807, 2.05) is 29.3 Å². The predicted octanol–water partition coefficient (Wildman–Crippen LogP) is 3.26. The van der Waals surface area contributed by atoms with Gasteiger partial charge in [-0.05, 0) is 45.4 Å². The number of amides is 1. The molecule has 0 unspecified atom stereocenters. The first-order valence-corrected chi connectivity index (χ1v) is 7.76. The Kier molecular flexibility index (Phi) is 4.93. The van der Waals surface area contributed by atoms with Crippen LogP contribution in [0.4, 0.5) is 13.2 Å². The molecule has 2 heterocycles. The third-order valence-electron chi connectivity index (χ3n) is 3.72. The SMILES string of the molecule is Cc1ccc([C@@H]2CCCN2[C@@H](C)C(=O)NCC(F)(F)F)s1. The Balaban J connectivity index is 2.00. The Morgan fingerprint density at radius 3 is 2.81 bits per heavy atom. The number of nitrogens with zero attached hydrogens (tertiary/aromatic N) is 1. The zero-order valence-corrected chi connectivity index (χ0v) is 12.9. The molecule has 1 N–H and O–H groups in total. The van der Waals surface area contributed by atoms with Gasteiger partial charge in [-0.1, -0.05) is 0 Å². The van der Waals surface area contributed by atoms with Crippen molar-refractivity contribution in [3.05, 3.63) is 21.9 Å². The van der Waals surface area contributed by atoms with Crippen LogP contribution in [0.15, 0.2) is 12.1 Å². The molecule has 1 aromatic rings. The number of carbonyl (C=O) groups excluding carboxylic acids is 1. The minimum absolute atomic E-state index is 0.135. The third kappa shape index (κ3) is 4.20. The van der Waals surface area contributed by atoms with Crippen molar-refractivity contribution in [1.82, 2.24) is 10.2 Å². The third-order valence-corrected chi connectivity index (χ3v) is 4.83. The first-order valence-electron chi connectivity index (χ1n) is 6.94. The van der Waals surface area contributed by atoms with Gasteiger partial charge >= 0.3 is 6.18 Å². The van der Waals surface area contributed by atoms with E-state index in [0.717, 1.165) is 19.4 Å². The lowest BCUT2D eigenvalue weighted by molar-refractivity contribution is -0.141. The van der Waals surface area contributed by atoms with Gasteiger partial charge in [0.2, 0.25) is 5.91 Å². The van der Waals surface area contributed by atoms with E-state index in [-0.39, 0.29) is 6.04 Å². The molecule has 3 nitrogen and oxygen atoms in total. The molecular weight excluding hydrogens is 301 g/mol. The largest absolute Gasteiger partial charge is 0.405 e. The van der Waals surface area contributed by atoms with Crippen molar-refractivity contribution >= 4 is 17.2 Å². The van der Waals surface area contributed by atoms with E-state index in [9.17, 15) is 18.0 Å². The van der Waals surface area contributed by atoms with Crippen molar-refractivity contribution in [2.24, 2.45) is 0 Å². The van der Waals surface area contributed by atoms with E-state index in [2.05, 4.69) is 0 Å². The van der Waals surface area contributed by atoms with E-state index < -0.39 is 24.7 Å². The lowest BCUT2D eigenvalue weighted by Gasteiger charge is -2.29. The first-order chi connectivity index (χ1) is 9.78. The van der Waals surface area contributed by atoms with Gasteiger partial charge in [-0.25, -0.2) is 0 Å². The summed E-state index contributed by atoms with van der Waals surface area (Å²) in [4.78, 5) is 16.3. The van der Waals surface area contributed by atoms with Crippen LogP contribution in [-0.2, 0) is 4.79 Å². The van der Waals surface area contributed by atoms with E-state index in [1.54, 1.807) is 18.3 Å². The second-order valence-electron chi connectivity index (χ2n) is 5.35. The Bertz CT molecular complexity index is 501. The van der Waals surface area contributed by atoms with Crippen LogP contribution in [0.2, 0.25) is 0 Å². The molecule has 0 aromatic carbocycles. The van der Waals surface area contributed by atoms with Crippen LogP contribution < -0.4 is 5.32 Å². The average molecular weight is 320 g/mol. The number of nitrogens with one attached hydrogen (secondary N) is 1. The van der Waals surface area contributed by atoms with Crippen LogP contribution in [0.5, 0.6) is 0 Å². The molecule has 2 atom stereocenters. The van der Waals surface area contributed by atoms with Crippen molar-refractivity contribution in [2.75, 3.05) is 13.1 Å². The predicted molar refractivity (Wildman–Crippen MR) is 76.3 cm³/mol. The smallest absolute Gasteiger partial charge is 0.346 e. The molecule has 0 radical (unpaired) electrons. The minimum atomic E-state index is -4.37. The number of alkyl halides is 3. The van der Waals surface area contributed by atoms with Gasteiger partial charge in [0.25, 0.3) is 0 Å². The van der Waals surface area contributed by atoms with Crippen LogP contribution in [0, 0.1) is 6.92 Å². The zero-order valence-electron chi connectivity index (χ0n) is 12.0. The van der Waals surface area contributed by atoms with E-state index >= 15 is 0 Å². The van der Waals surface area contributed by atoms with Gasteiger partial charge in [0.1, 0.15) is 6.54 Å². The molecule has 1 amide bonds. The quantitative estimate of drug-likeness (QED) is 0.923. The summed E-state index contributed by atoms with van der Waals surface area (Å²) in [7, 11) is 0. The Hall–Kier alpha value is -1.08. The Morgan fingerprint density at radius 1 is 1.52 bits per heavy atom. The summed E-state index contributed by atoms with van der Waals surface area (Å²) in [6, 6.07) is 3.66. The molecule has 1 aliphatic heterocycles.